The Labute approximate surface area is 134 Å². The number of anilines is 1. The molecule has 6 nitrogen and oxygen atoms in total. The van der Waals surface area contributed by atoms with Crippen LogP contribution in [0.5, 0.6) is 0 Å². The largest absolute Gasteiger partial charge is 0.332 e. The zero-order chi connectivity index (χ0) is 16.0. The molecule has 2 heterocycles. The van der Waals surface area contributed by atoms with Crippen LogP contribution in [0, 0.1) is 0 Å². The smallest absolute Gasteiger partial charge is 0.312 e. The van der Waals surface area contributed by atoms with Crippen molar-refractivity contribution in [2.24, 2.45) is 14.1 Å². The lowest BCUT2D eigenvalue weighted by molar-refractivity contribution is -0.116. The fourth-order valence-electron chi connectivity index (χ4n) is 2.79. The van der Waals surface area contributed by atoms with E-state index < -0.39 is 5.69 Å². The van der Waals surface area contributed by atoms with Crippen molar-refractivity contribution in [3.63, 3.8) is 0 Å². The number of nitrogens with zero attached hydrogens (tertiary/aromatic N) is 2. The zero-order valence-electron chi connectivity index (χ0n) is 12.1. The molecule has 0 unspecified atom stereocenters. The quantitative estimate of drug-likeness (QED) is 0.830. The van der Waals surface area contributed by atoms with E-state index in [2.05, 4.69) is 21.2 Å². The fraction of sp³-hybridized carbons (Fsp3) is 0.267. The molecule has 0 bridgehead atoms. The van der Waals surface area contributed by atoms with Crippen LogP contribution in [0.3, 0.4) is 0 Å². The van der Waals surface area contributed by atoms with Crippen molar-refractivity contribution in [2.75, 3.05) is 5.32 Å². The summed E-state index contributed by atoms with van der Waals surface area (Å²) < 4.78 is 3.30. The second-order valence-electron chi connectivity index (χ2n) is 5.32. The third-order valence-corrected chi connectivity index (χ3v) is 4.50. The standard InChI is InChI=1S/C15H14BrN3O3/c1-18-13-12(14(21)19(2)15(18)22)10(7-11(20)17-13)8-3-5-9(16)6-4-8/h3-6,10H,7H2,1-2H3,(H,17,20)/t10-/m1/s1. The molecule has 1 N–H and O–H groups in total. The number of amides is 1. The van der Waals surface area contributed by atoms with E-state index >= 15 is 0 Å². The van der Waals surface area contributed by atoms with Crippen molar-refractivity contribution in [2.45, 2.75) is 12.3 Å². The van der Waals surface area contributed by atoms with Gasteiger partial charge in [0.15, 0.2) is 0 Å². The Morgan fingerprint density at radius 2 is 1.73 bits per heavy atom. The first-order valence-electron chi connectivity index (χ1n) is 6.75. The van der Waals surface area contributed by atoms with E-state index in [1.807, 2.05) is 24.3 Å². The third kappa shape index (κ3) is 2.21. The van der Waals surface area contributed by atoms with Crippen LogP contribution in [0.2, 0.25) is 0 Å². The lowest BCUT2D eigenvalue weighted by atomic mass is 9.87. The minimum Gasteiger partial charge on any atom is -0.312 e. The van der Waals surface area contributed by atoms with Crippen LogP contribution in [0.15, 0.2) is 38.3 Å². The van der Waals surface area contributed by atoms with Gasteiger partial charge in [-0.2, -0.15) is 0 Å². The summed E-state index contributed by atoms with van der Waals surface area (Å²) in [5.41, 5.74) is 0.494. The average Bonchev–Trinajstić information content (AvgIpc) is 2.50. The number of benzene rings is 1. The molecule has 1 aliphatic rings. The van der Waals surface area contributed by atoms with E-state index in [4.69, 9.17) is 0 Å². The van der Waals surface area contributed by atoms with E-state index in [1.165, 1.54) is 11.6 Å². The van der Waals surface area contributed by atoms with Crippen LogP contribution in [-0.2, 0) is 18.9 Å². The van der Waals surface area contributed by atoms with Gasteiger partial charge in [-0.15, -0.1) is 0 Å². The van der Waals surface area contributed by atoms with Gasteiger partial charge in [-0.3, -0.25) is 18.7 Å². The predicted molar refractivity (Wildman–Crippen MR) is 86.2 cm³/mol. The summed E-state index contributed by atoms with van der Waals surface area (Å²) in [6.45, 7) is 0. The van der Waals surface area contributed by atoms with Crippen molar-refractivity contribution in [1.82, 2.24) is 9.13 Å². The number of rotatable bonds is 1. The van der Waals surface area contributed by atoms with Crippen LogP contribution in [0.4, 0.5) is 5.82 Å². The number of fused-ring (bicyclic) bond motifs is 1. The number of nitrogens with one attached hydrogen (secondary N) is 1. The Morgan fingerprint density at radius 1 is 1.09 bits per heavy atom. The molecular formula is C15H14BrN3O3. The van der Waals surface area contributed by atoms with Crippen LogP contribution in [0.1, 0.15) is 23.5 Å². The maximum absolute atomic E-state index is 12.5. The summed E-state index contributed by atoms with van der Waals surface area (Å²) >= 11 is 3.37. The molecule has 2 aromatic rings. The number of hydrogen-bond acceptors (Lipinski definition) is 3. The van der Waals surface area contributed by atoms with E-state index in [9.17, 15) is 14.4 Å². The Morgan fingerprint density at radius 3 is 2.36 bits per heavy atom. The second-order valence-corrected chi connectivity index (χ2v) is 6.24. The zero-order valence-corrected chi connectivity index (χ0v) is 13.7. The lowest BCUT2D eigenvalue weighted by Crippen LogP contribution is -2.44. The molecule has 3 rings (SSSR count). The fourth-order valence-corrected chi connectivity index (χ4v) is 3.05. The van der Waals surface area contributed by atoms with E-state index in [-0.39, 0.29) is 29.6 Å². The molecule has 0 saturated heterocycles. The Balaban J connectivity index is 2.30. The number of halogens is 1. The minimum absolute atomic E-state index is 0.183. The number of carbonyl (C=O) groups excluding carboxylic acids is 1. The highest BCUT2D eigenvalue weighted by Crippen LogP contribution is 2.34. The Bertz CT molecular complexity index is 881. The predicted octanol–water partition coefficient (Wildman–Crippen LogP) is 1.32. The van der Waals surface area contributed by atoms with Crippen molar-refractivity contribution in [1.29, 1.82) is 0 Å². The molecular weight excluding hydrogens is 350 g/mol. The van der Waals surface area contributed by atoms with Crippen molar-refractivity contribution in [3.05, 3.63) is 60.7 Å². The molecule has 0 spiro atoms. The van der Waals surface area contributed by atoms with Gasteiger partial charge in [-0.05, 0) is 17.7 Å². The van der Waals surface area contributed by atoms with Gasteiger partial charge < -0.3 is 5.32 Å². The van der Waals surface area contributed by atoms with Gasteiger partial charge in [0.05, 0.1) is 5.56 Å². The van der Waals surface area contributed by atoms with Gasteiger partial charge in [0.2, 0.25) is 5.91 Å². The van der Waals surface area contributed by atoms with Crippen molar-refractivity contribution in [3.8, 4) is 0 Å². The van der Waals surface area contributed by atoms with Gasteiger partial charge in [0.25, 0.3) is 5.56 Å². The summed E-state index contributed by atoms with van der Waals surface area (Å²) in [4.78, 5) is 36.5. The number of hydrogen-bond donors (Lipinski definition) is 1. The molecule has 114 valence electrons. The van der Waals surface area contributed by atoms with Gasteiger partial charge in [0, 0.05) is 30.9 Å². The van der Waals surface area contributed by atoms with Gasteiger partial charge in [-0.25, -0.2) is 4.79 Å². The summed E-state index contributed by atoms with van der Waals surface area (Å²) in [5.74, 6) is -0.275. The second kappa shape index (κ2) is 5.24. The Kier molecular flexibility index (Phi) is 3.52. The molecule has 1 amide bonds. The minimum atomic E-state index is -0.458. The monoisotopic (exact) mass is 363 g/mol. The average molecular weight is 364 g/mol. The third-order valence-electron chi connectivity index (χ3n) is 3.97. The van der Waals surface area contributed by atoms with Crippen LogP contribution in [-0.4, -0.2) is 15.0 Å². The molecule has 1 aliphatic heterocycles. The van der Waals surface area contributed by atoms with Crippen molar-refractivity contribution < 1.29 is 4.79 Å². The molecule has 1 aromatic heterocycles. The first-order chi connectivity index (χ1) is 10.4. The van der Waals surface area contributed by atoms with Gasteiger partial charge in [0.1, 0.15) is 5.82 Å². The topological polar surface area (TPSA) is 73.1 Å². The lowest BCUT2D eigenvalue weighted by Gasteiger charge is -2.27. The molecule has 0 fully saturated rings. The molecule has 0 radical (unpaired) electrons. The highest BCUT2D eigenvalue weighted by molar-refractivity contribution is 9.10. The molecule has 1 aromatic carbocycles. The molecule has 22 heavy (non-hydrogen) atoms. The van der Waals surface area contributed by atoms with E-state index in [0.29, 0.717) is 5.56 Å². The van der Waals surface area contributed by atoms with Crippen molar-refractivity contribution >= 4 is 27.7 Å². The van der Waals surface area contributed by atoms with Gasteiger partial charge >= 0.3 is 5.69 Å². The van der Waals surface area contributed by atoms with Crippen LogP contribution < -0.4 is 16.6 Å². The van der Waals surface area contributed by atoms with E-state index in [1.54, 1.807) is 7.05 Å². The van der Waals surface area contributed by atoms with Crippen LogP contribution >= 0.6 is 15.9 Å². The summed E-state index contributed by atoms with van der Waals surface area (Å²) in [5, 5.41) is 2.65. The summed E-state index contributed by atoms with van der Waals surface area (Å²) in [6.07, 6.45) is 0.183. The Hall–Kier alpha value is -2.15. The highest BCUT2D eigenvalue weighted by atomic mass is 79.9. The molecule has 0 aliphatic carbocycles. The highest BCUT2D eigenvalue weighted by Gasteiger charge is 2.32. The maximum Gasteiger partial charge on any atom is 0.332 e. The normalized spacial score (nSPS) is 17.0. The summed E-state index contributed by atoms with van der Waals surface area (Å²) in [6, 6.07) is 7.49. The SMILES string of the molecule is Cn1c2c(c(=O)n(C)c1=O)[C@@H](c1ccc(Br)cc1)CC(=O)N2. The summed E-state index contributed by atoms with van der Waals surface area (Å²) in [7, 11) is 2.99. The van der Waals surface area contributed by atoms with Crippen LogP contribution in [0.25, 0.3) is 0 Å². The maximum atomic E-state index is 12.5. The first kappa shape index (κ1) is 14.8. The number of carbonyl (C=O) groups is 1. The molecule has 0 saturated carbocycles. The number of aromatic nitrogens is 2. The molecule has 1 atom stereocenters. The van der Waals surface area contributed by atoms with E-state index in [0.717, 1.165) is 14.6 Å². The first-order valence-corrected chi connectivity index (χ1v) is 7.54. The van der Waals surface area contributed by atoms with Gasteiger partial charge in [-0.1, -0.05) is 28.1 Å². The molecule has 7 heteroatoms.